The van der Waals surface area contributed by atoms with Gasteiger partial charge in [-0.2, -0.15) is 9.07 Å². The second kappa shape index (κ2) is 27.0. The maximum Gasteiger partial charge on any atom is 1.00 e. The van der Waals surface area contributed by atoms with Crippen LogP contribution in [0.15, 0.2) is 78.9 Å². The number of benzene rings is 2. The number of sulfone groups is 2. The minimum absolute atomic E-state index is 0. The monoisotopic (exact) mass is 985 g/mol. The molecular formula is C22H20BrCl5N3Na3O13S4. The Bertz CT molecular complexity index is 2050. The summed E-state index contributed by atoms with van der Waals surface area (Å²) >= 11 is 29.0. The zero-order valence-corrected chi connectivity index (χ0v) is 41.0. The van der Waals surface area contributed by atoms with Gasteiger partial charge in [0.15, 0.2) is 14.9 Å². The topological polar surface area (TPSA) is 263 Å². The van der Waals surface area contributed by atoms with Gasteiger partial charge in [0.05, 0.1) is 21.6 Å². The predicted molar refractivity (Wildman–Crippen MR) is 179 cm³/mol. The van der Waals surface area contributed by atoms with Gasteiger partial charge in [-0.3, -0.25) is 0 Å². The maximum absolute atomic E-state index is 11.0. The van der Waals surface area contributed by atoms with E-state index >= 15 is 0 Å². The largest absolute Gasteiger partial charge is 1.00 e. The van der Waals surface area contributed by atoms with Crippen molar-refractivity contribution in [3.05, 3.63) is 91.6 Å². The van der Waals surface area contributed by atoms with Crippen LogP contribution >= 0.6 is 74.3 Å². The molecule has 3 aromatic rings. The SMILES string of the molecule is C=C(Cl)S(=O)(=O)CS(=O)(=O)CCCl.O=S(=O)([O-])c1ccc(CBr)cc1.O=S(=O)([O-])c1ccc(CCl)cc1.O=c1nc([O-])n(Cl)c(=O)n1Cl.[Na+].[Na+].[Na+]. The van der Waals surface area contributed by atoms with Crippen molar-refractivity contribution in [3.63, 3.8) is 0 Å². The fourth-order valence-corrected chi connectivity index (χ4v) is 8.35. The Balaban J connectivity index is -0.000000283. The molecule has 0 N–H and O–H groups in total. The van der Waals surface area contributed by atoms with E-state index in [2.05, 4.69) is 27.5 Å². The molecule has 270 valence electrons. The molecule has 0 saturated carbocycles. The van der Waals surface area contributed by atoms with Gasteiger partial charge in [-0.15, -0.1) is 27.3 Å². The third-order valence-electron chi connectivity index (χ3n) is 4.66. The van der Waals surface area contributed by atoms with Crippen molar-refractivity contribution in [1.82, 2.24) is 13.2 Å². The molecule has 0 bridgehead atoms. The van der Waals surface area contributed by atoms with Crippen molar-refractivity contribution >= 4 is 114 Å². The Hall–Kier alpha value is 1.24. The molecule has 0 aliphatic carbocycles. The van der Waals surface area contributed by atoms with Gasteiger partial charge in [0.2, 0.25) is 9.84 Å². The van der Waals surface area contributed by atoms with Gasteiger partial charge in [0.1, 0.15) is 24.6 Å². The van der Waals surface area contributed by atoms with Gasteiger partial charge < -0.3 is 14.2 Å². The number of alkyl halides is 3. The normalized spacial score (nSPS) is 10.8. The number of hydrogen-bond donors (Lipinski definition) is 0. The van der Waals surface area contributed by atoms with Crippen LogP contribution in [0.2, 0.25) is 0 Å². The first-order chi connectivity index (χ1) is 21.8. The first-order valence-corrected chi connectivity index (χ1v) is 21.2. The third-order valence-corrected chi connectivity index (χ3v) is 13.2. The Morgan fingerprint density at radius 2 is 1.16 bits per heavy atom. The summed E-state index contributed by atoms with van der Waals surface area (Å²) in [5.41, 5.74) is -0.552. The van der Waals surface area contributed by atoms with Crippen LogP contribution in [0.4, 0.5) is 0 Å². The average molecular weight is 989 g/mol. The van der Waals surface area contributed by atoms with Crippen LogP contribution in [-0.2, 0) is 51.1 Å². The minimum atomic E-state index is -4.32. The summed E-state index contributed by atoms with van der Waals surface area (Å²) in [6.07, 6.45) is 0. The van der Waals surface area contributed by atoms with Crippen LogP contribution in [-0.4, -0.2) is 72.7 Å². The number of halogens is 6. The van der Waals surface area contributed by atoms with Crippen LogP contribution < -0.4 is 105 Å². The molecule has 0 aliphatic rings. The summed E-state index contributed by atoms with van der Waals surface area (Å²) in [5, 5.41) is 10.1. The quantitative estimate of drug-likeness (QED) is 0.110. The number of aromatic nitrogens is 3. The van der Waals surface area contributed by atoms with E-state index < -0.39 is 72.5 Å². The minimum Gasteiger partial charge on any atom is -0.845 e. The first kappa shape index (κ1) is 58.9. The second-order valence-corrected chi connectivity index (χ2v) is 18.1. The summed E-state index contributed by atoms with van der Waals surface area (Å²) in [4.78, 5) is 23.5. The molecule has 0 fully saturated rings. The summed E-state index contributed by atoms with van der Waals surface area (Å²) < 4.78 is 106. The zero-order chi connectivity index (χ0) is 37.7. The molecule has 2 aromatic carbocycles. The van der Waals surface area contributed by atoms with Gasteiger partial charge >= 0.3 is 100 Å². The smallest absolute Gasteiger partial charge is 0.845 e. The average Bonchev–Trinajstić information content (AvgIpc) is 2.98. The van der Waals surface area contributed by atoms with Gasteiger partial charge in [-0.05, 0) is 35.4 Å². The Morgan fingerprint density at radius 1 is 0.765 bits per heavy atom. The molecule has 0 spiro atoms. The summed E-state index contributed by atoms with van der Waals surface area (Å²) in [5.74, 6) is -0.232. The summed E-state index contributed by atoms with van der Waals surface area (Å²) in [7, 11) is -16.3. The van der Waals surface area contributed by atoms with Gasteiger partial charge in [0, 0.05) is 40.6 Å². The van der Waals surface area contributed by atoms with E-state index in [1.54, 1.807) is 12.1 Å². The molecule has 0 radical (unpaired) electrons. The van der Waals surface area contributed by atoms with Gasteiger partial charge in [-0.25, -0.2) is 43.3 Å². The summed E-state index contributed by atoms with van der Waals surface area (Å²) in [6, 6.07) is 10.2. The molecule has 16 nitrogen and oxygen atoms in total. The fourth-order valence-electron chi connectivity index (χ4n) is 2.38. The van der Waals surface area contributed by atoms with E-state index in [-0.39, 0.29) is 113 Å². The molecule has 0 amide bonds. The third kappa shape index (κ3) is 23.2. The maximum atomic E-state index is 11.0. The molecule has 1 aromatic heterocycles. The van der Waals surface area contributed by atoms with Gasteiger partial charge in [-0.1, -0.05) is 58.4 Å². The molecule has 29 heteroatoms. The summed E-state index contributed by atoms with van der Waals surface area (Å²) in [6.45, 7) is 2.95. The molecule has 1 heterocycles. The number of hydrogen-bond acceptors (Lipinski definition) is 14. The predicted octanol–water partition coefficient (Wildman–Crippen LogP) is -6.97. The van der Waals surface area contributed by atoms with Crippen molar-refractivity contribution in [2.75, 3.05) is 16.7 Å². The molecule has 0 aliphatic heterocycles. The van der Waals surface area contributed by atoms with Crippen molar-refractivity contribution in [3.8, 4) is 6.01 Å². The van der Waals surface area contributed by atoms with E-state index in [1.165, 1.54) is 36.4 Å². The van der Waals surface area contributed by atoms with Gasteiger partial charge in [0.25, 0.3) is 0 Å². The van der Waals surface area contributed by atoms with Crippen molar-refractivity contribution in [1.29, 1.82) is 0 Å². The van der Waals surface area contributed by atoms with Crippen molar-refractivity contribution in [2.45, 2.75) is 21.0 Å². The fraction of sp³-hybridized carbons (Fsp3) is 0.227. The first-order valence-electron chi connectivity index (χ1n) is 11.6. The van der Waals surface area contributed by atoms with E-state index in [1.807, 2.05) is 0 Å². The second-order valence-electron chi connectivity index (χ2n) is 8.21. The van der Waals surface area contributed by atoms with E-state index in [0.29, 0.717) is 11.2 Å². The van der Waals surface area contributed by atoms with Crippen LogP contribution in [0.1, 0.15) is 11.1 Å². The Morgan fingerprint density at radius 3 is 1.47 bits per heavy atom. The molecule has 0 saturated heterocycles. The van der Waals surface area contributed by atoms with Crippen LogP contribution in [0, 0.1) is 0 Å². The standard InChI is InChI=1S/C7H7BrO3S.C7H7ClO3S.C5H8Cl2O4S2.C3HCl2N3O3.3Na/c2*8-5-6-1-3-7(4-2-6)12(9,10)11;1-5(7)13(10,11)4-12(8,9)3-2-6;4-7-1(9)6-2(10)8(5)3(7)11;;;/h2*1-4H,5H2,(H,9,10,11);1-4H2;(H,6,9,10);;;/q;;;;3*+1/p-3. The van der Waals surface area contributed by atoms with Crippen molar-refractivity contribution < 1.29 is 137 Å². The molecule has 0 unspecified atom stereocenters. The number of rotatable bonds is 9. The van der Waals surface area contributed by atoms with E-state index in [0.717, 1.165) is 11.1 Å². The Kier molecular flexibility index (Phi) is 31.2. The molecule has 3 rings (SSSR count). The van der Waals surface area contributed by atoms with E-state index in [4.69, 9.17) is 58.4 Å². The zero-order valence-electron chi connectivity index (χ0n) is 26.4. The van der Waals surface area contributed by atoms with Crippen LogP contribution in [0.5, 0.6) is 6.01 Å². The molecular weight excluding hydrogens is 969 g/mol. The van der Waals surface area contributed by atoms with Crippen molar-refractivity contribution in [2.24, 2.45) is 0 Å². The molecule has 0 atom stereocenters. The van der Waals surface area contributed by atoms with E-state index in [9.17, 15) is 57.5 Å². The number of nitrogens with zero attached hydrogens (tertiary/aromatic N) is 3. The van der Waals surface area contributed by atoms with Crippen LogP contribution in [0.3, 0.4) is 0 Å². The molecule has 51 heavy (non-hydrogen) atoms. The van der Waals surface area contributed by atoms with Crippen LogP contribution in [0.25, 0.3) is 0 Å². The Labute approximate surface area is 393 Å².